The maximum atomic E-state index is 10.9. The summed E-state index contributed by atoms with van der Waals surface area (Å²) in [4.78, 5) is 14.7. The number of carboxylic acid groups (broad SMARTS) is 1. The Bertz CT molecular complexity index is 593. The van der Waals surface area contributed by atoms with E-state index in [2.05, 4.69) is 4.98 Å². The van der Waals surface area contributed by atoms with E-state index in [4.69, 9.17) is 9.84 Å². The van der Waals surface area contributed by atoms with Crippen molar-refractivity contribution in [2.45, 2.75) is 6.92 Å². The van der Waals surface area contributed by atoms with Crippen molar-refractivity contribution in [2.75, 3.05) is 7.11 Å². The zero-order valence-electron chi connectivity index (χ0n) is 10.2. The van der Waals surface area contributed by atoms with Crippen LogP contribution in [0.3, 0.4) is 0 Å². The average Bonchev–Trinajstić information content (AvgIpc) is 2.38. The highest BCUT2D eigenvalue weighted by Gasteiger charge is 2.08. The number of aromatic nitrogens is 1. The predicted octanol–water partition coefficient (Wildman–Crippen LogP) is 2.76. The van der Waals surface area contributed by atoms with Crippen LogP contribution in [0.1, 0.15) is 16.1 Å². The molecule has 4 nitrogen and oxygen atoms in total. The van der Waals surface area contributed by atoms with Crippen molar-refractivity contribution in [3.63, 3.8) is 0 Å². The minimum Gasteiger partial charge on any atom is -0.497 e. The minimum absolute atomic E-state index is 0.0442. The lowest BCUT2D eigenvalue weighted by Crippen LogP contribution is -1.99. The van der Waals surface area contributed by atoms with Crippen molar-refractivity contribution in [3.8, 4) is 16.9 Å². The molecule has 1 aromatic heterocycles. The highest BCUT2D eigenvalue weighted by molar-refractivity contribution is 5.87. The second-order valence-electron chi connectivity index (χ2n) is 3.92. The first-order valence-electron chi connectivity index (χ1n) is 5.46. The first kappa shape index (κ1) is 12.1. The van der Waals surface area contributed by atoms with Crippen LogP contribution in [-0.2, 0) is 0 Å². The standard InChI is InChI=1S/C14H13NO3/c1-9-7-11(18-2)3-4-12(9)10-5-6-15-13(8-10)14(16)17/h3-8H,1-2H3,(H,16,17). The third kappa shape index (κ3) is 2.32. The molecule has 0 saturated carbocycles. The van der Waals surface area contributed by atoms with Crippen LogP contribution in [0, 0.1) is 6.92 Å². The molecule has 18 heavy (non-hydrogen) atoms. The molecule has 0 saturated heterocycles. The van der Waals surface area contributed by atoms with Gasteiger partial charge >= 0.3 is 5.97 Å². The number of hydrogen-bond donors (Lipinski definition) is 1. The molecular weight excluding hydrogens is 230 g/mol. The van der Waals surface area contributed by atoms with Crippen LogP contribution in [0.25, 0.3) is 11.1 Å². The Morgan fingerprint density at radius 2 is 2.06 bits per heavy atom. The lowest BCUT2D eigenvalue weighted by atomic mass is 10.0. The number of aryl methyl sites for hydroxylation is 1. The number of rotatable bonds is 3. The van der Waals surface area contributed by atoms with Gasteiger partial charge in [0.2, 0.25) is 0 Å². The number of hydrogen-bond acceptors (Lipinski definition) is 3. The van der Waals surface area contributed by atoms with Gasteiger partial charge in [-0.25, -0.2) is 9.78 Å². The third-order valence-electron chi connectivity index (χ3n) is 2.72. The second-order valence-corrected chi connectivity index (χ2v) is 3.92. The summed E-state index contributed by atoms with van der Waals surface area (Å²) in [6.45, 7) is 1.96. The second kappa shape index (κ2) is 4.87. The molecule has 0 unspecified atom stereocenters. The van der Waals surface area contributed by atoms with Gasteiger partial charge in [-0.3, -0.25) is 0 Å². The summed E-state index contributed by atoms with van der Waals surface area (Å²) in [7, 11) is 1.61. The van der Waals surface area contributed by atoms with Gasteiger partial charge in [-0.15, -0.1) is 0 Å². The smallest absolute Gasteiger partial charge is 0.354 e. The quantitative estimate of drug-likeness (QED) is 0.900. The lowest BCUT2D eigenvalue weighted by molar-refractivity contribution is 0.0690. The van der Waals surface area contributed by atoms with Gasteiger partial charge in [0.25, 0.3) is 0 Å². The largest absolute Gasteiger partial charge is 0.497 e. The van der Waals surface area contributed by atoms with E-state index in [1.165, 1.54) is 6.20 Å². The molecule has 1 heterocycles. The van der Waals surface area contributed by atoms with Gasteiger partial charge in [-0.2, -0.15) is 0 Å². The summed E-state index contributed by atoms with van der Waals surface area (Å²) in [6, 6.07) is 9.03. The molecule has 4 heteroatoms. The molecule has 0 atom stereocenters. The first-order chi connectivity index (χ1) is 8.61. The van der Waals surface area contributed by atoms with Gasteiger partial charge in [-0.1, -0.05) is 6.07 Å². The van der Waals surface area contributed by atoms with Crippen LogP contribution < -0.4 is 4.74 Å². The van der Waals surface area contributed by atoms with Crippen LogP contribution in [-0.4, -0.2) is 23.2 Å². The summed E-state index contributed by atoms with van der Waals surface area (Å²) in [5.41, 5.74) is 2.88. The molecule has 1 aromatic carbocycles. The number of methoxy groups -OCH3 is 1. The number of aromatic carboxylic acids is 1. The van der Waals surface area contributed by atoms with E-state index < -0.39 is 5.97 Å². The lowest BCUT2D eigenvalue weighted by Gasteiger charge is -2.08. The Morgan fingerprint density at radius 3 is 2.67 bits per heavy atom. The van der Waals surface area contributed by atoms with Crippen molar-refractivity contribution in [1.29, 1.82) is 0 Å². The van der Waals surface area contributed by atoms with Gasteiger partial charge in [0, 0.05) is 6.20 Å². The van der Waals surface area contributed by atoms with Crippen LogP contribution in [0.5, 0.6) is 5.75 Å². The summed E-state index contributed by atoms with van der Waals surface area (Å²) < 4.78 is 5.14. The summed E-state index contributed by atoms with van der Waals surface area (Å²) >= 11 is 0. The zero-order valence-corrected chi connectivity index (χ0v) is 10.2. The van der Waals surface area contributed by atoms with E-state index >= 15 is 0 Å². The molecular formula is C14H13NO3. The SMILES string of the molecule is COc1ccc(-c2ccnc(C(=O)O)c2)c(C)c1. The average molecular weight is 243 g/mol. The van der Waals surface area contributed by atoms with Gasteiger partial charge in [0.15, 0.2) is 0 Å². The highest BCUT2D eigenvalue weighted by atomic mass is 16.5. The van der Waals surface area contributed by atoms with Crippen LogP contribution >= 0.6 is 0 Å². The number of pyridine rings is 1. The van der Waals surface area contributed by atoms with Crippen molar-refractivity contribution in [2.24, 2.45) is 0 Å². The topological polar surface area (TPSA) is 59.4 Å². The monoisotopic (exact) mass is 243 g/mol. The van der Waals surface area contributed by atoms with Crippen LogP contribution in [0.4, 0.5) is 0 Å². The van der Waals surface area contributed by atoms with Gasteiger partial charge in [-0.05, 0) is 47.9 Å². The minimum atomic E-state index is -1.02. The fourth-order valence-corrected chi connectivity index (χ4v) is 1.80. The summed E-state index contributed by atoms with van der Waals surface area (Å²) in [6.07, 6.45) is 1.50. The molecule has 0 radical (unpaired) electrons. The molecule has 2 rings (SSSR count). The molecule has 0 aliphatic rings. The Balaban J connectivity index is 2.48. The van der Waals surface area contributed by atoms with E-state index in [-0.39, 0.29) is 5.69 Å². The molecule has 2 aromatic rings. The molecule has 0 amide bonds. The number of benzene rings is 1. The molecule has 0 spiro atoms. The molecule has 0 aliphatic carbocycles. The Hall–Kier alpha value is -2.36. The van der Waals surface area contributed by atoms with Crippen molar-refractivity contribution in [3.05, 3.63) is 47.8 Å². The summed E-state index contributed by atoms with van der Waals surface area (Å²) in [5.74, 6) is -0.244. The van der Waals surface area contributed by atoms with Gasteiger partial charge in [0.1, 0.15) is 11.4 Å². The van der Waals surface area contributed by atoms with Crippen LogP contribution in [0.2, 0.25) is 0 Å². The Labute approximate surface area is 105 Å². The van der Waals surface area contributed by atoms with E-state index in [0.29, 0.717) is 0 Å². The number of carbonyl (C=O) groups is 1. The zero-order chi connectivity index (χ0) is 13.1. The van der Waals surface area contributed by atoms with E-state index in [1.54, 1.807) is 19.2 Å². The third-order valence-corrected chi connectivity index (χ3v) is 2.72. The molecule has 0 aliphatic heterocycles. The maximum Gasteiger partial charge on any atom is 0.354 e. The fraction of sp³-hybridized carbons (Fsp3) is 0.143. The van der Waals surface area contributed by atoms with Gasteiger partial charge < -0.3 is 9.84 Å². The van der Waals surface area contributed by atoms with Crippen molar-refractivity contribution < 1.29 is 14.6 Å². The van der Waals surface area contributed by atoms with Crippen molar-refractivity contribution >= 4 is 5.97 Å². The first-order valence-corrected chi connectivity index (χ1v) is 5.46. The predicted molar refractivity (Wildman–Crippen MR) is 67.9 cm³/mol. The number of ether oxygens (including phenoxy) is 1. The summed E-state index contributed by atoms with van der Waals surface area (Å²) in [5, 5.41) is 8.93. The molecule has 1 N–H and O–H groups in total. The molecule has 0 bridgehead atoms. The Morgan fingerprint density at radius 1 is 1.28 bits per heavy atom. The fourth-order valence-electron chi connectivity index (χ4n) is 1.80. The van der Waals surface area contributed by atoms with E-state index in [9.17, 15) is 4.79 Å². The van der Waals surface area contributed by atoms with Gasteiger partial charge in [0.05, 0.1) is 7.11 Å². The van der Waals surface area contributed by atoms with E-state index in [0.717, 1.165) is 22.4 Å². The van der Waals surface area contributed by atoms with Crippen LogP contribution in [0.15, 0.2) is 36.5 Å². The van der Waals surface area contributed by atoms with E-state index in [1.807, 2.05) is 25.1 Å². The molecule has 92 valence electrons. The number of carboxylic acids is 1. The van der Waals surface area contributed by atoms with Crippen molar-refractivity contribution in [1.82, 2.24) is 4.98 Å². The highest BCUT2D eigenvalue weighted by Crippen LogP contribution is 2.26. The maximum absolute atomic E-state index is 10.9. The normalized spacial score (nSPS) is 10.1. The number of nitrogens with zero attached hydrogens (tertiary/aromatic N) is 1. The molecule has 0 fully saturated rings. The Kier molecular flexibility index (Phi) is 3.28.